The second kappa shape index (κ2) is 11.3. The van der Waals surface area contributed by atoms with Gasteiger partial charge in [-0.1, -0.05) is 11.6 Å². The fraction of sp³-hybridized carbons (Fsp3) is 0.333. The van der Waals surface area contributed by atoms with Crippen LogP contribution in [0.4, 0.5) is 17.6 Å². The van der Waals surface area contributed by atoms with Crippen molar-refractivity contribution < 1.29 is 41.7 Å². The van der Waals surface area contributed by atoms with Gasteiger partial charge in [0.25, 0.3) is 5.91 Å². The summed E-state index contributed by atoms with van der Waals surface area (Å²) < 4.78 is 66.5. The van der Waals surface area contributed by atoms with Crippen molar-refractivity contribution in [3.63, 3.8) is 0 Å². The normalized spacial score (nSPS) is 18.7. The maximum atomic E-state index is 14.2. The van der Waals surface area contributed by atoms with Gasteiger partial charge in [-0.25, -0.2) is 14.4 Å². The van der Waals surface area contributed by atoms with Gasteiger partial charge in [0, 0.05) is 22.1 Å². The number of amides is 2. The van der Waals surface area contributed by atoms with Crippen LogP contribution in [0, 0.1) is 18.7 Å². The van der Waals surface area contributed by atoms with E-state index in [1.165, 1.54) is 26.2 Å². The molecule has 4 aromatic rings. The molecule has 14 heteroatoms. The van der Waals surface area contributed by atoms with E-state index in [1.807, 2.05) is 0 Å². The van der Waals surface area contributed by atoms with E-state index < -0.39 is 40.4 Å². The minimum absolute atomic E-state index is 0.0114. The predicted octanol–water partition coefficient (Wildman–Crippen LogP) is 5.59. The number of alkyl halides is 3. The summed E-state index contributed by atoms with van der Waals surface area (Å²) in [7, 11) is 1.44. The summed E-state index contributed by atoms with van der Waals surface area (Å²) in [5, 5.41) is 15.9. The zero-order valence-electron chi connectivity index (χ0n) is 25.4. The highest BCUT2D eigenvalue weighted by Gasteiger charge is 2.50. The molecule has 2 amide bonds. The Balaban J connectivity index is 1.42. The number of nitrogens with zero attached hydrogens (tertiary/aromatic N) is 2. The number of pyridine rings is 2. The molecule has 0 saturated heterocycles. The predicted molar refractivity (Wildman–Crippen MR) is 164 cm³/mol. The van der Waals surface area contributed by atoms with Crippen LogP contribution in [0.2, 0.25) is 5.02 Å². The zero-order valence-corrected chi connectivity index (χ0v) is 26.1. The number of carbonyl (C=O) groups excluding carboxylic acids is 2. The number of aromatic nitrogens is 2. The number of hydrogen-bond donors (Lipinski definition) is 3. The molecule has 2 aromatic carbocycles. The number of aliphatic hydroxyl groups is 1. The van der Waals surface area contributed by atoms with Gasteiger partial charge in [0.1, 0.15) is 46.1 Å². The summed E-state index contributed by atoms with van der Waals surface area (Å²) >= 11 is 6.27. The van der Waals surface area contributed by atoms with Crippen LogP contribution in [-0.2, 0) is 22.0 Å². The third kappa shape index (κ3) is 5.61. The number of benzene rings is 2. The number of fused-ring (bicyclic) bond motifs is 2. The molecule has 0 spiro atoms. The van der Waals surface area contributed by atoms with Gasteiger partial charge >= 0.3 is 6.18 Å². The number of carbonyl (C=O) groups is 2. The molecule has 1 saturated carbocycles. The first-order valence-corrected chi connectivity index (χ1v) is 15.0. The number of primary amides is 1. The maximum Gasteiger partial charge on any atom is 0.419 e. The minimum Gasteiger partial charge on any atom is -0.494 e. The summed E-state index contributed by atoms with van der Waals surface area (Å²) in [6.07, 6.45) is -3.88. The van der Waals surface area contributed by atoms with Crippen molar-refractivity contribution in [3.05, 3.63) is 81.4 Å². The van der Waals surface area contributed by atoms with E-state index in [-0.39, 0.29) is 52.9 Å². The Bertz CT molecular complexity index is 1970. The minimum atomic E-state index is -5.01. The molecule has 1 fully saturated rings. The molecular formula is C33H29ClF4N4O5. The smallest absolute Gasteiger partial charge is 0.419 e. The number of halogens is 5. The first kappa shape index (κ1) is 32.5. The summed E-state index contributed by atoms with van der Waals surface area (Å²) in [5.41, 5.74) is 2.13. The van der Waals surface area contributed by atoms with E-state index in [2.05, 4.69) is 15.3 Å². The van der Waals surface area contributed by atoms with Crippen LogP contribution >= 0.6 is 11.6 Å². The fourth-order valence-electron chi connectivity index (χ4n) is 5.82. The van der Waals surface area contributed by atoms with Crippen molar-refractivity contribution in [2.24, 2.45) is 11.7 Å². The van der Waals surface area contributed by atoms with Crippen molar-refractivity contribution >= 4 is 34.3 Å². The van der Waals surface area contributed by atoms with Crippen molar-refractivity contribution in [2.45, 2.75) is 43.9 Å². The van der Waals surface area contributed by atoms with Gasteiger partial charge in [0.05, 0.1) is 35.6 Å². The summed E-state index contributed by atoms with van der Waals surface area (Å²) in [5.74, 6) is -2.89. The number of methoxy groups -OCH3 is 1. The van der Waals surface area contributed by atoms with E-state index in [1.54, 1.807) is 19.1 Å². The second-order valence-corrected chi connectivity index (χ2v) is 12.5. The Morgan fingerprint density at radius 1 is 1.17 bits per heavy atom. The lowest BCUT2D eigenvalue weighted by Gasteiger charge is -2.30. The van der Waals surface area contributed by atoms with E-state index in [0.717, 1.165) is 6.07 Å². The number of rotatable bonds is 8. The number of hydrogen-bond acceptors (Lipinski definition) is 7. The van der Waals surface area contributed by atoms with Crippen molar-refractivity contribution in [1.29, 1.82) is 0 Å². The highest BCUT2D eigenvalue weighted by Crippen LogP contribution is 2.50. The van der Waals surface area contributed by atoms with Crippen LogP contribution in [0.3, 0.4) is 0 Å². The largest absolute Gasteiger partial charge is 0.494 e. The molecule has 0 bridgehead atoms. The highest BCUT2D eigenvalue weighted by molar-refractivity contribution is 6.31. The van der Waals surface area contributed by atoms with Gasteiger partial charge in [0.15, 0.2) is 0 Å². The number of nitrogens with one attached hydrogen (secondary N) is 1. The lowest BCUT2D eigenvalue weighted by molar-refractivity contribution is -0.140. The van der Waals surface area contributed by atoms with Crippen molar-refractivity contribution in [3.8, 4) is 22.8 Å². The molecule has 47 heavy (non-hydrogen) atoms. The first-order valence-electron chi connectivity index (χ1n) is 14.6. The van der Waals surface area contributed by atoms with Crippen LogP contribution in [0.25, 0.3) is 22.2 Å². The monoisotopic (exact) mass is 672 g/mol. The molecule has 246 valence electrons. The van der Waals surface area contributed by atoms with Gasteiger partial charge in [-0.3, -0.25) is 9.59 Å². The molecule has 3 heterocycles. The van der Waals surface area contributed by atoms with Gasteiger partial charge < -0.3 is 25.6 Å². The molecule has 0 unspecified atom stereocenters. The standard InChI is InChI=1S/C33H29ClF4N4O5/c1-15-22(34)10-17-8-18(11-24(46-3)26(17)41-15)29(43)40-13-32(45,19-5-6-19)25-12-21-28(47-14-31(21,2)30(39)44)27(42-25)16-4-7-23(35)20(9-16)33(36,37)38/h4,7-12,19,45H,5-6,13-14H2,1-3H3,(H2,39,44)(H,40,43)/t31-,32+/m0/s1. The van der Waals surface area contributed by atoms with Gasteiger partial charge in [-0.05, 0) is 75.1 Å². The molecule has 9 nitrogen and oxygen atoms in total. The maximum absolute atomic E-state index is 14.2. The van der Waals surface area contributed by atoms with Gasteiger partial charge in [-0.15, -0.1) is 0 Å². The number of aryl methyl sites for hydroxylation is 1. The molecule has 2 aromatic heterocycles. The van der Waals surface area contributed by atoms with Crippen LogP contribution in [-0.4, -0.2) is 47.2 Å². The fourth-order valence-corrected chi connectivity index (χ4v) is 5.98. The lowest BCUT2D eigenvalue weighted by atomic mass is 9.81. The van der Waals surface area contributed by atoms with Gasteiger partial charge in [-0.2, -0.15) is 13.2 Å². The third-order valence-corrected chi connectivity index (χ3v) is 9.25. The molecule has 2 atom stereocenters. The average Bonchev–Trinajstić information content (AvgIpc) is 3.83. The summed E-state index contributed by atoms with van der Waals surface area (Å²) in [4.78, 5) is 35.1. The molecular weight excluding hydrogens is 644 g/mol. The van der Waals surface area contributed by atoms with Crippen LogP contribution in [0.1, 0.15) is 52.6 Å². The lowest BCUT2D eigenvalue weighted by Crippen LogP contribution is -2.44. The van der Waals surface area contributed by atoms with Crippen molar-refractivity contribution in [2.75, 3.05) is 20.3 Å². The first-order chi connectivity index (χ1) is 22.1. The Kier molecular flexibility index (Phi) is 7.83. The Hall–Kier alpha value is -4.49. The van der Waals surface area contributed by atoms with E-state index >= 15 is 0 Å². The summed E-state index contributed by atoms with van der Waals surface area (Å²) in [6, 6.07) is 8.54. The topological polar surface area (TPSA) is 137 Å². The Morgan fingerprint density at radius 2 is 1.89 bits per heavy atom. The molecule has 6 rings (SSSR count). The van der Waals surface area contributed by atoms with E-state index in [4.69, 9.17) is 26.8 Å². The van der Waals surface area contributed by atoms with Gasteiger partial charge in [0.2, 0.25) is 5.91 Å². The highest BCUT2D eigenvalue weighted by atomic mass is 35.5. The molecule has 4 N–H and O–H groups in total. The average molecular weight is 673 g/mol. The van der Waals surface area contributed by atoms with Crippen LogP contribution < -0.4 is 20.5 Å². The van der Waals surface area contributed by atoms with E-state index in [0.29, 0.717) is 52.3 Å². The molecule has 1 aliphatic carbocycles. The van der Waals surface area contributed by atoms with Crippen LogP contribution in [0.15, 0.2) is 42.5 Å². The molecule has 1 aliphatic heterocycles. The number of nitrogens with two attached hydrogens (primary N) is 1. The molecule has 2 aliphatic rings. The van der Waals surface area contributed by atoms with Crippen molar-refractivity contribution in [1.82, 2.24) is 15.3 Å². The Labute approximate surface area is 271 Å². The molecule has 0 radical (unpaired) electrons. The zero-order chi connectivity index (χ0) is 34.1. The quantitative estimate of drug-likeness (QED) is 0.208. The SMILES string of the molecule is COc1cc(C(=O)NC[C@](O)(c2cc3c(c(-c4ccc(F)c(C(F)(F)F)c4)n2)OC[C@]3(C)C(N)=O)C2CC2)cc2cc(Cl)c(C)nc12. The van der Waals surface area contributed by atoms with Crippen LogP contribution in [0.5, 0.6) is 11.5 Å². The number of ether oxygens (including phenoxy) is 2. The second-order valence-electron chi connectivity index (χ2n) is 12.1. The third-order valence-electron chi connectivity index (χ3n) is 8.87. The Morgan fingerprint density at radius 3 is 2.53 bits per heavy atom. The van der Waals surface area contributed by atoms with E-state index in [9.17, 15) is 32.3 Å². The summed E-state index contributed by atoms with van der Waals surface area (Å²) in [6.45, 7) is 2.67.